The smallest absolute Gasteiger partial charge is 0.319 e. The highest BCUT2D eigenvalue weighted by Crippen LogP contribution is 2.19. The maximum Gasteiger partial charge on any atom is 0.319 e. The van der Waals surface area contributed by atoms with E-state index in [1.807, 2.05) is 23.2 Å². The molecule has 1 N–H and O–H groups in total. The Balaban J connectivity index is 1.76. The van der Waals surface area contributed by atoms with Crippen molar-refractivity contribution in [1.82, 2.24) is 19.7 Å². The number of methoxy groups -OCH3 is 1. The normalized spacial score (nSPS) is 10.9. The third-order valence-electron chi connectivity index (χ3n) is 5.93. The number of nitrogens with zero attached hydrogens (tertiary/aromatic N) is 3. The molecule has 0 saturated heterocycles. The number of hydrogen-bond donors (Lipinski definition) is 1. The van der Waals surface area contributed by atoms with Crippen LogP contribution in [0.5, 0.6) is 0 Å². The highest BCUT2D eigenvalue weighted by molar-refractivity contribution is 5.85. The van der Waals surface area contributed by atoms with Gasteiger partial charge in [0.2, 0.25) is 5.91 Å². The second kappa shape index (κ2) is 12.2. The van der Waals surface area contributed by atoms with Gasteiger partial charge in [-0.15, -0.1) is 0 Å². The number of benzene rings is 2. The van der Waals surface area contributed by atoms with Crippen LogP contribution in [0.4, 0.5) is 4.79 Å². The highest BCUT2D eigenvalue weighted by Gasteiger charge is 2.23. The van der Waals surface area contributed by atoms with Gasteiger partial charge in [0.15, 0.2) is 0 Å². The van der Waals surface area contributed by atoms with Gasteiger partial charge in [-0.3, -0.25) is 4.79 Å². The van der Waals surface area contributed by atoms with Gasteiger partial charge < -0.3 is 24.4 Å². The first-order valence-electron chi connectivity index (χ1n) is 11.7. The van der Waals surface area contributed by atoms with E-state index in [4.69, 9.17) is 4.74 Å². The van der Waals surface area contributed by atoms with Crippen molar-refractivity contribution in [2.45, 2.75) is 26.3 Å². The number of fused-ring (bicyclic) bond motifs is 1. The van der Waals surface area contributed by atoms with Gasteiger partial charge in [0.25, 0.3) is 0 Å². The van der Waals surface area contributed by atoms with Crippen molar-refractivity contribution < 1.29 is 14.3 Å². The van der Waals surface area contributed by atoms with Crippen LogP contribution in [0.1, 0.15) is 23.1 Å². The van der Waals surface area contributed by atoms with Gasteiger partial charge in [-0.2, -0.15) is 0 Å². The third-order valence-corrected chi connectivity index (χ3v) is 5.93. The molecule has 1 heterocycles. The first-order valence-corrected chi connectivity index (χ1v) is 11.7. The zero-order valence-electron chi connectivity index (χ0n) is 20.7. The fraction of sp³-hybridized carbons (Fsp3) is 0.407. The van der Waals surface area contributed by atoms with Crippen molar-refractivity contribution >= 4 is 22.8 Å². The van der Waals surface area contributed by atoms with Crippen LogP contribution in [0.25, 0.3) is 10.9 Å². The zero-order chi connectivity index (χ0) is 24.5. The molecule has 0 saturated carbocycles. The standard InChI is InChI=1S/C27H36N4O3/c1-21-10-12-22(13-11-21)19-30(16-14-23-18-28-25-9-6-5-8-24(23)25)26(32)20-31(15-7-17-34-4)27(33)29(2)3/h5-6,8-13,18,28H,7,14-17,19-20H2,1-4H3. The summed E-state index contributed by atoms with van der Waals surface area (Å²) in [5, 5.41) is 1.18. The predicted octanol–water partition coefficient (Wildman–Crippen LogP) is 4.07. The first-order chi connectivity index (χ1) is 16.4. The number of nitrogens with one attached hydrogen (secondary N) is 1. The van der Waals surface area contributed by atoms with Crippen LogP contribution < -0.4 is 0 Å². The summed E-state index contributed by atoms with van der Waals surface area (Å²) in [5.74, 6) is -0.0620. The van der Waals surface area contributed by atoms with Crippen molar-refractivity contribution in [2.24, 2.45) is 0 Å². The van der Waals surface area contributed by atoms with Crippen molar-refractivity contribution in [3.63, 3.8) is 0 Å². The molecular weight excluding hydrogens is 428 g/mol. The summed E-state index contributed by atoms with van der Waals surface area (Å²) in [5.41, 5.74) is 4.53. The molecular formula is C27H36N4O3. The lowest BCUT2D eigenvalue weighted by molar-refractivity contribution is -0.132. The molecule has 7 heteroatoms. The van der Waals surface area contributed by atoms with E-state index >= 15 is 0 Å². The maximum absolute atomic E-state index is 13.5. The van der Waals surface area contributed by atoms with Gasteiger partial charge >= 0.3 is 6.03 Å². The Bertz CT molecular complexity index is 1070. The summed E-state index contributed by atoms with van der Waals surface area (Å²) in [4.78, 5) is 34.5. The molecule has 182 valence electrons. The number of H-pyrrole nitrogens is 1. The Kier molecular flexibility index (Phi) is 9.10. The zero-order valence-corrected chi connectivity index (χ0v) is 20.7. The van der Waals surface area contributed by atoms with Crippen LogP contribution in [-0.2, 0) is 22.5 Å². The number of aromatic amines is 1. The molecule has 0 aliphatic carbocycles. The maximum atomic E-state index is 13.5. The average Bonchev–Trinajstić information content (AvgIpc) is 3.25. The van der Waals surface area contributed by atoms with E-state index in [1.54, 1.807) is 26.1 Å². The number of urea groups is 1. The van der Waals surface area contributed by atoms with E-state index in [9.17, 15) is 9.59 Å². The molecule has 0 fully saturated rings. The van der Waals surface area contributed by atoms with Crippen LogP contribution in [0.3, 0.4) is 0 Å². The fourth-order valence-electron chi connectivity index (χ4n) is 3.99. The lowest BCUT2D eigenvalue weighted by Gasteiger charge is -2.29. The van der Waals surface area contributed by atoms with Gasteiger partial charge in [-0.05, 0) is 37.0 Å². The van der Waals surface area contributed by atoms with Crippen LogP contribution in [0, 0.1) is 6.92 Å². The second-order valence-corrected chi connectivity index (χ2v) is 8.86. The van der Waals surface area contributed by atoms with E-state index < -0.39 is 0 Å². The summed E-state index contributed by atoms with van der Waals surface area (Å²) in [7, 11) is 5.05. The third kappa shape index (κ3) is 6.84. The van der Waals surface area contributed by atoms with Crippen molar-refractivity contribution in [3.8, 4) is 0 Å². The highest BCUT2D eigenvalue weighted by atomic mass is 16.5. The topological polar surface area (TPSA) is 68.9 Å². The van der Waals surface area contributed by atoms with E-state index in [-0.39, 0.29) is 18.5 Å². The molecule has 3 rings (SSSR count). The lowest BCUT2D eigenvalue weighted by atomic mass is 10.1. The summed E-state index contributed by atoms with van der Waals surface area (Å²) in [6.07, 6.45) is 3.43. The number of carbonyl (C=O) groups is 2. The summed E-state index contributed by atoms with van der Waals surface area (Å²) in [6, 6.07) is 16.3. The lowest BCUT2D eigenvalue weighted by Crippen LogP contribution is -2.47. The Morgan fingerprint density at radius 1 is 0.971 bits per heavy atom. The number of aryl methyl sites for hydroxylation is 1. The second-order valence-electron chi connectivity index (χ2n) is 8.86. The molecule has 2 aromatic carbocycles. The number of para-hydroxylation sites is 1. The van der Waals surface area contributed by atoms with Crippen molar-refractivity contribution in [2.75, 3.05) is 47.4 Å². The van der Waals surface area contributed by atoms with Crippen molar-refractivity contribution in [1.29, 1.82) is 0 Å². The van der Waals surface area contributed by atoms with Gasteiger partial charge in [0.05, 0.1) is 0 Å². The van der Waals surface area contributed by atoms with Crippen LogP contribution in [-0.4, -0.2) is 79.1 Å². The molecule has 0 radical (unpaired) electrons. The molecule has 7 nitrogen and oxygen atoms in total. The molecule has 0 aliphatic heterocycles. The Morgan fingerprint density at radius 3 is 2.41 bits per heavy atom. The summed E-state index contributed by atoms with van der Waals surface area (Å²) in [6.45, 7) is 4.17. The van der Waals surface area contributed by atoms with Gasteiger partial charge in [0, 0.05) is 64.5 Å². The summed E-state index contributed by atoms with van der Waals surface area (Å²) < 4.78 is 5.14. The predicted molar refractivity (Wildman–Crippen MR) is 136 cm³/mol. The number of hydrogen-bond acceptors (Lipinski definition) is 3. The van der Waals surface area contributed by atoms with Gasteiger partial charge in [-0.1, -0.05) is 48.0 Å². The van der Waals surface area contributed by atoms with Gasteiger partial charge in [0.1, 0.15) is 6.54 Å². The Hall–Kier alpha value is -3.32. The molecule has 3 aromatic rings. The van der Waals surface area contributed by atoms with E-state index in [2.05, 4.69) is 48.3 Å². The largest absolute Gasteiger partial charge is 0.385 e. The number of amides is 3. The number of ether oxygens (including phenoxy) is 1. The van der Waals surface area contributed by atoms with Crippen molar-refractivity contribution in [3.05, 3.63) is 71.4 Å². The molecule has 34 heavy (non-hydrogen) atoms. The van der Waals surface area contributed by atoms with Crippen LogP contribution in [0.15, 0.2) is 54.7 Å². The van der Waals surface area contributed by atoms with Crippen LogP contribution in [0.2, 0.25) is 0 Å². The Morgan fingerprint density at radius 2 is 1.71 bits per heavy atom. The minimum Gasteiger partial charge on any atom is -0.385 e. The molecule has 0 spiro atoms. The molecule has 0 bridgehead atoms. The average molecular weight is 465 g/mol. The van der Waals surface area contributed by atoms with Crippen LogP contribution >= 0.6 is 0 Å². The molecule has 1 aromatic heterocycles. The molecule has 3 amide bonds. The monoisotopic (exact) mass is 464 g/mol. The number of carbonyl (C=O) groups excluding carboxylic acids is 2. The summed E-state index contributed by atoms with van der Waals surface area (Å²) >= 11 is 0. The van der Waals surface area contributed by atoms with E-state index in [1.165, 1.54) is 21.4 Å². The quantitative estimate of drug-likeness (QED) is 0.435. The minimum atomic E-state index is -0.170. The SMILES string of the molecule is COCCCN(CC(=O)N(CCc1c[nH]c2ccccc12)Cc1ccc(C)cc1)C(=O)N(C)C. The molecule has 0 aliphatic rings. The Labute approximate surface area is 202 Å². The first kappa shape index (κ1) is 25.3. The fourth-order valence-corrected chi connectivity index (χ4v) is 3.99. The molecule has 0 unspecified atom stereocenters. The van der Waals surface area contributed by atoms with E-state index in [0.717, 1.165) is 17.5 Å². The van der Waals surface area contributed by atoms with Gasteiger partial charge in [-0.25, -0.2) is 4.79 Å². The number of aromatic nitrogens is 1. The molecule has 0 atom stereocenters. The van der Waals surface area contributed by atoms with E-state index in [0.29, 0.717) is 32.7 Å². The number of rotatable bonds is 11. The minimum absolute atomic E-state index is 0.0421.